The lowest BCUT2D eigenvalue weighted by Gasteiger charge is -2.35. The second-order valence-corrected chi connectivity index (χ2v) is 6.44. The Hall–Kier alpha value is -2.73. The van der Waals surface area contributed by atoms with Crippen LogP contribution >= 0.6 is 0 Å². The molecular weight excluding hydrogens is 314 g/mol. The lowest BCUT2D eigenvalue weighted by molar-refractivity contribution is 0.243. The van der Waals surface area contributed by atoms with Crippen molar-refractivity contribution in [1.29, 1.82) is 0 Å². The van der Waals surface area contributed by atoms with Crippen molar-refractivity contribution in [2.75, 3.05) is 31.1 Å². The van der Waals surface area contributed by atoms with Crippen LogP contribution in [0.2, 0.25) is 0 Å². The summed E-state index contributed by atoms with van der Waals surface area (Å²) in [4.78, 5) is 28.8. The summed E-state index contributed by atoms with van der Waals surface area (Å²) in [6, 6.07) is 11.5. The van der Waals surface area contributed by atoms with Gasteiger partial charge < -0.3 is 9.88 Å². The van der Waals surface area contributed by atoms with Gasteiger partial charge in [0.2, 0.25) is 0 Å². The van der Waals surface area contributed by atoms with Crippen LogP contribution in [0.25, 0.3) is 10.9 Å². The first-order valence-electron chi connectivity index (χ1n) is 8.57. The van der Waals surface area contributed by atoms with Crippen LogP contribution in [0.4, 0.5) is 5.82 Å². The van der Waals surface area contributed by atoms with E-state index >= 15 is 0 Å². The average Bonchev–Trinajstić information content (AvgIpc) is 2.63. The van der Waals surface area contributed by atoms with E-state index in [2.05, 4.69) is 37.7 Å². The van der Waals surface area contributed by atoms with Crippen LogP contribution < -0.4 is 10.5 Å². The number of aromatic amines is 1. The van der Waals surface area contributed by atoms with Crippen LogP contribution in [0, 0.1) is 6.92 Å². The SMILES string of the molecule is Cc1cccnc1N1CCN(Cc2nc3ccccc3c(=O)[nH]2)CC1. The molecule has 0 amide bonds. The molecule has 2 aromatic heterocycles. The Kier molecular flexibility index (Phi) is 4.19. The molecule has 1 aliphatic rings. The van der Waals surface area contributed by atoms with Crippen molar-refractivity contribution in [2.24, 2.45) is 0 Å². The molecule has 3 aromatic rings. The molecular formula is C19H21N5O. The van der Waals surface area contributed by atoms with Gasteiger partial charge in [0.15, 0.2) is 0 Å². The number of piperazine rings is 1. The summed E-state index contributed by atoms with van der Waals surface area (Å²) < 4.78 is 0. The van der Waals surface area contributed by atoms with Crippen molar-refractivity contribution < 1.29 is 0 Å². The molecule has 1 aliphatic heterocycles. The molecule has 1 fully saturated rings. The molecule has 25 heavy (non-hydrogen) atoms. The van der Waals surface area contributed by atoms with Crippen LogP contribution in [0.5, 0.6) is 0 Å². The van der Waals surface area contributed by atoms with Gasteiger partial charge in [0, 0.05) is 32.4 Å². The van der Waals surface area contributed by atoms with Crippen LogP contribution in [-0.2, 0) is 6.54 Å². The van der Waals surface area contributed by atoms with E-state index in [1.54, 1.807) is 6.07 Å². The highest BCUT2D eigenvalue weighted by Crippen LogP contribution is 2.18. The highest BCUT2D eigenvalue weighted by atomic mass is 16.1. The Morgan fingerprint density at radius 3 is 2.68 bits per heavy atom. The number of aryl methyl sites for hydroxylation is 1. The number of H-pyrrole nitrogens is 1. The zero-order valence-electron chi connectivity index (χ0n) is 14.3. The molecule has 1 N–H and O–H groups in total. The second kappa shape index (κ2) is 6.64. The molecule has 0 atom stereocenters. The summed E-state index contributed by atoms with van der Waals surface area (Å²) in [6.45, 7) is 6.46. The number of nitrogens with one attached hydrogen (secondary N) is 1. The molecule has 1 saturated heterocycles. The third kappa shape index (κ3) is 3.25. The van der Waals surface area contributed by atoms with Crippen molar-refractivity contribution in [1.82, 2.24) is 19.9 Å². The fraction of sp³-hybridized carbons (Fsp3) is 0.316. The molecule has 0 unspecified atom stereocenters. The Morgan fingerprint density at radius 1 is 1.08 bits per heavy atom. The summed E-state index contributed by atoms with van der Waals surface area (Å²) in [7, 11) is 0. The molecule has 4 rings (SSSR count). The molecule has 0 aliphatic carbocycles. The first-order chi connectivity index (χ1) is 12.2. The lowest BCUT2D eigenvalue weighted by Crippen LogP contribution is -2.46. The fourth-order valence-corrected chi connectivity index (χ4v) is 3.35. The minimum atomic E-state index is -0.0663. The molecule has 1 aromatic carbocycles. The maximum Gasteiger partial charge on any atom is 0.258 e. The number of rotatable bonds is 3. The van der Waals surface area contributed by atoms with E-state index in [1.165, 1.54) is 5.56 Å². The van der Waals surface area contributed by atoms with Crippen molar-refractivity contribution in [3.05, 3.63) is 64.3 Å². The Bertz CT molecular complexity index is 944. The van der Waals surface area contributed by atoms with Crippen molar-refractivity contribution >= 4 is 16.7 Å². The van der Waals surface area contributed by atoms with E-state index in [9.17, 15) is 4.79 Å². The van der Waals surface area contributed by atoms with Gasteiger partial charge in [-0.2, -0.15) is 0 Å². The number of hydrogen-bond acceptors (Lipinski definition) is 5. The quantitative estimate of drug-likeness (QED) is 0.792. The van der Waals surface area contributed by atoms with Crippen LogP contribution in [0.1, 0.15) is 11.4 Å². The molecule has 6 heteroatoms. The maximum absolute atomic E-state index is 12.2. The van der Waals surface area contributed by atoms with Gasteiger partial charge in [-0.1, -0.05) is 18.2 Å². The molecule has 128 valence electrons. The summed E-state index contributed by atoms with van der Waals surface area (Å²) in [5, 5.41) is 0.640. The zero-order chi connectivity index (χ0) is 17.2. The Balaban J connectivity index is 1.45. The smallest absolute Gasteiger partial charge is 0.258 e. The van der Waals surface area contributed by atoms with Crippen molar-refractivity contribution in [3.63, 3.8) is 0 Å². The van der Waals surface area contributed by atoms with E-state index < -0.39 is 0 Å². The molecule has 0 spiro atoms. The molecule has 0 bridgehead atoms. The van der Waals surface area contributed by atoms with E-state index in [1.807, 2.05) is 30.5 Å². The average molecular weight is 335 g/mol. The number of para-hydroxylation sites is 1. The van der Waals surface area contributed by atoms with Gasteiger partial charge in [-0.25, -0.2) is 9.97 Å². The normalized spacial score (nSPS) is 15.6. The number of nitrogens with zero attached hydrogens (tertiary/aromatic N) is 4. The summed E-state index contributed by atoms with van der Waals surface area (Å²) in [5.41, 5.74) is 1.89. The highest BCUT2D eigenvalue weighted by Gasteiger charge is 2.20. The Morgan fingerprint density at radius 2 is 1.88 bits per heavy atom. The van der Waals surface area contributed by atoms with Gasteiger partial charge in [0.25, 0.3) is 5.56 Å². The fourth-order valence-electron chi connectivity index (χ4n) is 3.35. The van der Waals surface area contributed by atoms with Gasteiger partial charge in [-0.3, -0.25) is 9.69 Å². The number of fused-ring (bicyclic) bond motifs is 1. The van der Waals surface area contributed by atoms with E-state index in [4.69, 9.17) is 0 Å². The number of benzene rings is 1. The first-order valence-corrected chi connectivity index (χ1v) is 8.57. The topological polar surface area (TPSA) is 65.1 Å². The number of pyridine rings is 1. The van der Waals surface area contributed by atoms with Gasteiger partial charge in [0.1, 0.15) is 11.6 Å². The number of aromatic nitrogens is 3. The van der Waals surface area contributed by atoms with Crippen molar-refractivity contribution in [2.45, 2.75) is 13.5 Å². The van der Waals surface area contributed by atoms with Crippen LogP contribution in [0.15, 0.2) is 47.4 Å². The second-order valence-electron chi connectivity index (χ2n) is 6.44. The van der Waals surface area contributed by atoms with Crippen LogP contribution in [0.3, 0.4) is 0 Å². The summed E-state index contributed by atoms with van der Waals surface area (Å²) >= 11 is 0. The zero-order valence-corrected chi connectivity index (χ0v) is 14.3. The summed E-state index contributed by atoms with van der Waals surface area (Å²) in [6.07, 6.45) is 1.85. The third-order valence-corrected chi connectivity index (χ3v) is 4.69. The van der Waals surface area contributed by atoms with E-state index in [-0.39, 0.29) is 5.56 Å². The maximum atomic E-state index is 12.2. The Labute approximate surface area is 146 Å². The minimum absolute atomic E-state index is 0.0663. The molecule has 0 radical (unpaired) electrons. The van der Waals surface area contributed by atoms with Gasteiger partial charge in [-0.15, -0.1) is 0 Å². The predicted molar refractivity (Wildman–Crippen MR) is 98.8 cm³/mol. The van der Waals surface area contributed by atoms with Gasteiger partial charge in [-0.05, 0) is 30.7 Å². The van der Waals surface area contributed by atoms with E-state index in [0.29, 0.717) is 11.9 Å². The van der Waals surface area contributed by atoms with E-state index in [0.717, 1.165) is 43.3 Å². The monoisotopic (exact) mass is 335 g/mol. The molecule has 0 saturated carbocycles. The third-order valence-electron chi connectivity index (χ3n) is 4.69. The predicted octanol–water partition coefficient (Wildman–Crippen LogP) is 1.95. The summed E-state index contributed by atoms with van der Waals surface area (Å²) in [5.74, 6) is 1.80. The lowest BCUT2D eigenvalue weighted by atomic mass is 10.2. The number of anilines is 1. The number of hydrogen-bond donors (Lipinski definition) is 1. The van der Waals surface area contributed by atoms with Gasteiger partial charge >= 0.3 is 0 Å². The van der Waals surface area contributed by atoms with Gasteiger partial charge in [0.05, 0.1) is 17.4 Å². The molecule has 6 nitrogen and oxygen atoms in total. The highest BCUT2D eigenvalue weighted by molar-refractivity contribution is 5.77. The standard InChI is InChI=1S/C19H21N5O/c1-14-5-4-8-20-18(14)24-11-9-23(10-12-24)13-17-21-16-7-3-2-6-15(16)19(25)22-17/h2-8H,9-13H2,1H3,(H,21,22,25). The largest absolute Gasteiger partial charge is 0.354 e. The van der Waals surface area contributed by atoms with Crippen LogP contribution in [-0.4, -0.2) is 46.0 Å². The minimum Gasteiger partial charge on any atom is -0.354 e. The first kappa shape index (κ1) is 15.8. The molecule has 3 heterocycles. The van der Waals surface area contributed by atoms with Crippen molar-refractivity contribution in [3.8, 4) is 0 Å².